The second-order valence-corrected chi connectivity index (χ2v) is 7.19. The van der Waals surface area contributed by atoms with Crippen molar-refractivity contribution < 1.29 is 9.53 Å². The van der Waals surface area contributed by atoms with Crippen LogP contribution in [0.5, 0.6) is 5.75 Å². The third-order valence-electron chi connectivity index (χ3n) is 5.26. The van der Waals surface area contributed by atoms with Crippen LogP contribution < -0.4 is 25.6 Å². The number of ether oxygens (including phenoxy) is 1. The van der Waals surface area contributed by atoms with Gasteiger partial charge < -0.3 is 25.6 Å². The minimum atomic E-state index is -0.0277. The highest BCUT2D eigenvalue weighted by atomic mass is 16.5. The van der Waals surface area contributed by atoms with E-state index in [1.807, 2.05) is 24.3 Å². The first-order chi connectivity index (χ1) is 13.1. The van der Waals surface area contributed by atoms with Crippen molar-refractivity contribution in [2.24, 2.45) is 0 Å². The Kier molecular flexibility index (Phi) is 4.79. The zero-order chi connectivity index (χ0) is 18.8. The predicted molar refractivity (Wildman–Crippen MR) is 109 cm³/mol. The van der Waals surface area contributed by atoms with Gasteiger partial charge in [-0.05, 0) is 55.3 Å². The van der Waals surface area contributed by atoms with Gasteiger partial charge in [-0.2, -0.15) is 0 Å². The van der Waals surface area contributed by atoms with Gasteiger partial charge in [-0.3, -0.25) is 4.79 Å². The maximum absolute atomic E-state index is 12.2. The van der Waals surface area contributed by atoms with Crippen LogP contribution >= 0.6 is 0 Å². The number of nitrogens with one attached hydrogen (secondary N) is 1. The molecule has 4 rings (SSSR count). The Morgan fingerprint density at radius 3 is 2.30 bits per heavy atom. The van der Waals surface area contributed by atoms with Gasteiger partial charge in [-0.25, -0.2) is 0 Å². The maximum Gasteiger partial charge on any atom is 0.251 e. The summed E-state index contributed by atoms with van der Waals surface area (Å²) in [5, 5.41) is 3.00. The van der Waals surface area contributed by atoms with Crippen molar-refractivity contribution in [3.05, 3.63) is 48.0 Å². The van der Waals surface area contributed by atoms with Crippen LogP contribution in [-0.2, 0) is 0 Å². The molecule has 0 aromatic heterocycles. The number of carbonyl (C=O) groups is 1. The second-order valence-electron chi connectivity index (χ2n) is 7.19. The number of benzene rings is 2. The fourth-order valence-corrected chi connectivity index (χ4v) is 3.48. The van der Waals surface area contributed by atoms with Gasteiger partial charge in [0.15, 0.2) is 0 Å². The molecular formula is C21H26N4O2. The fourth-order valence-electron chi connectivity index (χ4n) is 3.48. The van der Waals surface area contributed by atoms with E-state index >= 15 is 0 Å². The summed E-state index contributed by atoms with van der Waals surface area (Å²) in [5.41, 5.74) is 9.78. The second kappa shape index (κ2) is 7.39. The van der Waals surface area contributed by atoms with Crippen LogP contribution in [0.3, 0.4) is 0 Å². The Bertz CT molecular complexity index is 809. The van der Waals surface area contributed by atoms with E-state index in [1.165, 1.54) is 5.69 Å². The Morgan fingerprint density at radius 1 is 1.04 bits per heavy atom. The zero-order valence-corrected chi connectivity index (χ0v) is 15.6. The normalized spacial score (nSPS) is 16.9. The van der Waals surface area contributed by atoms with Gasteiger partial charge in [0.25, 0.3) is 5.91 Å². The molecule has 0 unspecified atom stereocenters. The van der Waals surface area contributed by atoms with E-state index < -0.39 is 0 Å². The summed E-state index contributed by atoms with van der Waals surface area (Å²) < 4.78 is 5.23. The van der Waals surface area contributed by atoms with Crippen LogP contribution in [0.2, 0.25) is 0 Å². The van der Waals surface area contributed by atoms with Gasteiger partial charge in [0.05, 0.1) is 18.5 Å². The Hall–Kier alpha value is -2.89. The molecule has 1 saturated carbocycles. The molecule has 6 nitrogen and oxygen atoms in total. The lowest BCUT2D eigenvalue weighted by atomic mass is 10.1. The van der Waals surface area contributed by atoms with Gasteiger partial charge in [0.2, 0.25) is 0 Å². The van der Waals surface area contributed by atoms with E-state index in [4.69, 9.17) is 10.5 Å². The molecule has 142 valence electrons. The highest BCUT2D eigenvalue weighted by Crippen LogP contribution is 2.28. The minimum Gasteiger partial charge on any atom is -0.497 e. The summed E-state index contributed by atoms with van der Waals surface area (Å²) in [4.78, 5) is 16.8. The molecule has 27 heavy (non-hydrogen) atoms. The summed E-state index contributed by atoms with van der Waals surface area (Å²) >= 11 is 0. The topological polar surface area (TPSA) is 70.8 Å². The third-order valence-corrected chi connectivity index (χ3v) is 5.26. The molecule has 1 aliphatic heterocycles. The number of anilines is 3. The highest BCUT2D eigenvalue weighted by molar-refractivity contribution is 5.96. The average Bonchev–Trinajstić information content (AvgIpc) is 3.52. The number of nitrogens with two attached hydrogens (primary N) is 1. The lowest BCUT2D eigenvalue weighted by Gasteiger charge is -2.38. The summed E-state index contributed by atoms with van der Waals surface area (Å²) in [6.07, 6.45) is 2.16. The monoisotopic (exact) mass is 366 g/mol. The SMILES string of the molecule is COc1ccc(N2CCN(c3ccc(C(=O)NC4CC4)cc3N)CC2)cc1. The van der Waals surface area contributed by atoms with Gasteiger partial charge in [0, 0.05) is 43.5 Å². The molecule has 1 saturated heterocycles. The lowest BCUT2D eigenvalue weighted by molar-refractivity contribution is 0.0951. The van der Waals surface area contributed by atoms with Gasteiger partial charge in [-0.15, -0.1) is 0 Å². The molecular weight excluding hydrogens is 340 g/mol. The molecule has 2 aromatic carbocycles. The Balaban J connectivity index is 1.39. The van der Waals surface area contributed by atoms with Crippen molar-refractivity contribution in [2.45, 2.75) is 18.9 Å². The van der Waals surface area contributed by atoms with Crippen LogP contribution in [0, 0.1) is 0 Å². The summed E-state index contributed by atoms with van der Waals surface area (Å²) in [6, 6.07) is 14.2. The van der Waals surface area contributed by atoms with Crippen LogP contribution in [-0.4, -0.2) is 45.2 Å². The highest BCUT2D eigenvalue weighted by Gasteiger charge is 2.24. The number of hydrogen-bond acceptors (Lipinski definition) is 5. The van der Waals surface area contributed by atoms with Crippen molar-refractivity contribution in [1.29, 1.82) is 0 Å². The number of amides is 1. The smallest absolute Gasteiger partial charge is 0.251 e. The van der Waals surface area contributed by atoms with Crippen molar-refractivity contribution in [3.8, 4) is 5.75 Å². The number of piperazine rings is 1. The first-order valence-electron chi connectivity index (χ1n) is 9.48. The molecule has 0 bridgehead atoms. The summed E-state index contributed by atoms with van der Waals surface area (Å²) in [7, 11) is 1.68. The van der Waals surface area contributed by atoms with Crippen molar-refractivity contribution in [2.75, 3.05) is 48.8 Å². The van der Waals surface area contributed by atoms with Gasteiger partial charge >= 0.3 is 0 Å². The lowest BCUT2D eigenvalue weighted by Crippen LogP contribution is -2.46. The predicted octanol–water partition coefficient (Wildman–Crippen LogP) is 2.50. The number of rotatable bonds is 5. The van der Waals surface area contributed by atoms with Crippen LogP contribution in [0.25, 0.3) is 0 Å². The standard InChI is InChI=1S/C21H26N4O2/c1-27-18-7-5-17(6-8-18)24-10-12-25(13-11-24)20-9-2-15(14-19(20)22)21(26)23-16-3-4-16/h2,5-9,14,16H,3-4,10-13,22H2,1H3,(H,23,26). The first kappa shape index (κ1) is 17.5. The van der Waals surface area contributed by atoms with Crippen LogP contribution in [0.15, 0.2) is 42.5 Å². The number of carbonyl (C=O) groups excluding carboxylic acids is 1. The van der Waals surface area contributed by atoms with E-state index in [0.29, 0.717) is 17.3 Å². The molecule has 1 amide bonds. The van der Waals surface area contributed by atoms with Crippen molar-refractivity contribution in [3.63, 3.8) is 0 Å². The average molecular weight is 366 g/mol. The molecule has 6 heteroatoms. The quantitative estimate of drug-likeness (QED) is 0.796. The minimum absolute atomic E-state index is 0.0277. The van der Waals surface area contributed by atoms with E-state index in [-0.39, 0.29) is 5.91 Å². The molecule has 0 radical (unpaired) electrons. The van der Waals surface area contributed by atoms with Gasteiger partial charge in [-0.1, -0.05) is 0 Å². The van der Waals surface area contributed by atoms with E-state index in [9.17, 15) is 4.79 Å². The van der Waals surface area contributed by atoms with E-state index in [2.05, 4.69) is 27.2 Å². The number of nitrogens with zero attached hydrogens (tertiary/aromatic N) is 2. The molecule has 1 aliphatic carbocycles. The summed E-state index contributed by atoms with van der Waals surface area (Å²) in [5.74, 6) is 0.844. The van der Waals surface area contributed by atoms with Crippen molar-refractivity contribution >= 4 is 23.0 Å². The van der Waals surface area contributed by atoms with Crippen molar-refractivity contribution in [1.82, 2.24) is 5.32 Å². The van der Waals surface area contributed by atoms with Crippen LogP contribution in [0.1, 0.15) is 23.2 Å². The third kappa shape index (κ3) is 3.94. The van der Waals surface area contributed by atoms with Gasteiger partial charge in [0.1, 0.15) is 5.75 Å². The Labute approximate surface area is 159 Å². The summed E-state index contributed by atoms with van der Waals surface area (Å²) in [6.45, 7) is 3.64. The number of methoxy groups -OCH3 is 1. The molecule has 0 atom stereocenters. The maximum atomic E-state index is 12.2. The largest absolute Gasteiger partial charge is 0.497 e. The molecule has 2 aromatic rings. The Morgan fingerprint density at radius 2 is 1.70 bits per heavy atom. The number of nitrogen functional groups attached to an aromatic ring is 1. The van der Waals surface area contributed by atoms with Crippen LogP contribution in [0.4, 0.5) is 17.1 Å². The molecule has 1 heterocycles. The molecule has 2 aliphatic rings. The molecule has 2 fully saturated rings. The van der Waals surface area contributed by atoms with E-state index in [0.717, 1.165) is 50.5 Å². The first-order valence-corrected chi connectivity index (χ1v) is 9.48. The zero-order valence-electron chi connectivity index (χ0n) is 15.6. The fraction of sp³-hybridized carbons (Fsp3) is 0.381. The van der Waals surface area contributed by atoms with E-state index in [1.54, 1.807) is 13.2 Å². The molecule has 0 spiro atoms. The molecule has 3 N–H and O–H groups in total. The number of hydrogen-bond donors (Lipinski definition) is 2.